The third-order valence-corrected chi connectivity index (χ3v) is 4.15. The molecule has 4 heteroatoms. The highest BCUT2D eigenvalue weighted by Crippen LogP contribution is 2.26. The van der Waals surface area contributed by atoms with Crippen LogP contribution in [-0.4, -0.2) is 15.0 Å². The van der Waals surface area contributed by atoms with Crippen LogP contribution < -0.4 is 0 Å². The van der Waals surface area contributed by atoms with Gasteiger partial charge < -0.3 is 0 Å². The van der Waals surface area contributed by atoms with Crippen molar-refractivity contribution in [3.8, 4) is 22.8 Å². The average molecular weight is 332 g/mol. The number of pyridine rings is 1. The van der Waals surface area contributed by atoms with Gasteiger partial charge in [0.15, 0.2) is 5.82 Å². The molecule has 3 nitrogen and oxygen atoms in total. The van der Waals surface area contributed by atoms with Gasteiger partial charge in [-0.05, 0) is 36.8 Å². The Labute approximate surface area is 145 Å². The monoisotopic (exact) mass is 331 g/mol. The van der Waals surface area contributed by atoms with E-state index < -0.39 is 0 Å². The van der Waals surface area contributed by atoms with Crippen LogP contribution in [0.5, 0.6) is 0 Å². The van der Waals surface area contributed by atoms with Gasteiger partial charge in [0.25, 0.3) is 0 Å². The number of fused-ring (bicyclic) bond motifs is 1. The van der Waals surface area contributed by atoms with E-state index in [0.29, 0.717) is 10.8 Å². The zero-order valence-electron chi connectivity index (χ0n) is 13.1. The molecule has 0 aliphatic rings. The minimum absolute atomic E-state index is 0.622. The molecule has 0 spiro atoms. The van der Waals surface area contributed by atoms with Crippen LogP contribution in [0.2, 0.25) is 5.02 Å². The summed E-state index contributed by atoms with van der Waals surface area (Å²) >= 11 is 6.12. The van der Waals surface area contributed by atoms with Gasteiger partial charge >= 0.3 is 0 Å². The number of halogens is 1. The number of benzene rings is 2. The fourth-order valence-electron chi connectivity index (χ4n) is 2.68. The molecule has 0 N–H and O–H groups in total. The van der Waals surface area contributed by atoms with Gasteiger partial charge in [0, 0.05) is 22.2 Å². The Morgan fingerprint density at radius 3 is 2.62 bits per heavy atom. The average Bonchev–Trinajstić information content (AvgIpc) is 2.62. The number of para-hydroxylation sites is 1. The third-order valence-electron chi connectivity index (χ3n) is 3.91. The smallest absolute Gasteiger partial charge is 0.178 e. The zero-order valence-corrected chi connectivity index (χ0v) is 13.8. The van der Waals surface area contributed by atoms with Gasteiger partial charge in [-0.25, -0.2) is 15.0 Å². The SMILES string of the molecule is Cc1ccc(-c2ncc3ccccc3n2)nc1-c1cccc(Cl)c1. The van der Waals surface area contributed by atoms with Crippen LogP contribution in [0.25, 0.3) is 33.7 Å². The van der Waals surface area contributed by atoms with E-state index in [0.717, 1.165) is 33.4 Å². The van der Waals surface area contributed by atoms with Crippen molar-refractivity contribution in [2.75, 3.05) is 0 Å². The summed E-state index contributed by atoms with van der Waals surface area (Å²) in [6.45, 7) is 2.04. The van der Waals surface area contributed by atoms with E-state index in [1.54, 1.807) is 0 Å². The fraction of sp³-hybridized carbons (Fsp3) is 0.0500. The van der Waals surface area contributed by atoms with Gasteiger partial charge in [0.2, 0.25) is 0 Å². The van der Waals surface area contributed by atoms with E-state index in [1.807, 2.05) is 73.8 Å². The molecule has 2 heterocycles. The minimum atomic E-state index is 0.622. The van der Waals surface area contributed by atoms with Gasteiger partial charge in [-0.15, -0.1) is 0 Å². The van der Waals surface area contributed by atoms with Gasteiger partial charge in [-0.2, -0.15) is 0 Å². The predicted octanol–water partition coefficient (Wildman–Crippen LogP) is 5.32. The first-order chi connectivity index (χ1) is 11.7. The maximum Gasteiger partial charge on any atom is 0.178 e. The molecule has 0 bridgehead atoms. The molecule has 4 rings (SSSR count). The van der Waals surface area contributed by atoms with E-state index >= 15 is 0 Å². The lowest BCUT2D eigenvalue weighted by Crippen LogP contribution is -1.96. The maximum atomic E-state index is 6.12. The van der Waals surface area contributed by atoms with Crippen molar-refractivity contribution in [1.82, 2.24) is 15.0 Å². The predicted molar refractivity (Wildman–Crippen MR) is 98.0 cm³/mol. The van der Waals surface area contributed by atoms with Gasteiger partial charge in [-0.3, -0.25) is 0 Å². The van der Waals surface area contributed by atoms with Crippen molar-refractivity contribution < 1.29 is 0 Å². The van der Waals surface area contributed by atoms with Crippen LogP contribution in [-0.2, 0) is 0 Å². The van der Waals surface area contributed by atoms with Crippen LogP contribution >= 0.6 is 11.6 Å². The normalized spacial score (nSPS) is 10.9. The summed E-state index contributed by atoms with van der Waals surface area (Å²) in [5.74, 6) is 0.622. The summed E-state index contributed by atoms with van der Waals surface area (Å²) in [5, 5.41) is 1.71. The quantitative estimate of drug-likeness (QED) is 0.499. The van der Waals surface area contributed by atoms with Crippen LogP contribution in [0.1, 0.15) is 5.56 Å². The number of hydrogen-bond acceptors (Lipinski definition) is 3. The van der Waals surface area contributed by atoms with Crippen molar-refractivity contribution in [2.45, 2.75) is 6.92 Å². The first-order valence-corrected chi connectivity index (χ1v) is 8.04. The second-order valence-electron chi connectivity index (χ2n) is 5.62. The summed E-state index contributed by atoms with van der Waals surface area (Å²) in [6, 6.07) is 19.6. The number of rotatable bonds is 2. The van der Waals surface area contributed by atoms with Gasteiger partial charge in [0.1, 0.15) is 5.69 Å². The molecular formula is C20H14ClN3. The molecule has 0 saturated heterocycles. The summed E-state index contributed by atoms with van der Waals surface area (Å²) in [6.07, 6.45) is 1.83. The number of nitrogens with zero attached hydrogens (tertiary/aromatic N) is 3. The first-order valence-electron chi connectivity index (χ1n) is 7.66. The van der Waals surface area contributed by atoms with E-state index in [1.165, 1.54) is 0 Å². The molecule has 116 valence electrons. The van der Waals surface area contributed by atoms with Crippen molar-refractivity contribution >= 4 is 22.5 Å². The molecule has 0 radical (unpaired) electrons. The molecule has 24 heavy (non-hydrogen) atoms. The second kappa shape index (κ2) is 6.02. The molecule has 0 atom stereocenters. The standard InChI is InChI=1S/C20H14ClN3/c1-13-9-10-18(23-19(13)14-6-4-7-16(21)11-14)20-22-12-15-5-2-3-8-17(15)24-20/h2-12H,1H3. The molecule has 2 aromatic carbocycles. The van der Waals surface area contributed by atoms with E-state index in [2.05, 4.69) is 9.97 Å². The number of aryl methyl sites for hydroxylation is 1. The lowest BCUT2D eigenvalue weighted by molar-refractivity contribution is 1.17. The second-order valence-corrected chi connectivity index (χ2v) is 6.06. The number of aromatic nitrogens is 3. The van der Waals surface area contributed by atoms with Crippen molar-refractivity contribution in [3.05, 3.63) is 77.4 Å². The Balaban J connectivity index is 1.85. The highest BCUT2D eigenvalue weighted by molar-refractivity contribution is 6.30. The Bertz CT molecular complexity index is 1040. The van der Waals surface area contributed by atoms with Crippen molar-refractivity contribution in [3.63, 3.8) is 0 Å². The molecular weight excluding hydrogens is 318 g/mol. The highest BCUT2D eigenvalue weighted by Gasteiger charge is 2.10. The molecule has 4 aromatic rings. The lowest BCUT2D eigenvalue weighted by atomic mass is 10.1. The van der Waals surface area contributed by atoms with Crippen LogP contribution in [0.3, 0.4) is 0 Å². The van der Waals surface area contributed by atoms with Gasteiger partial charge in [-0.1, -0.05) is 48.0 Å². The molecule has 0 saturated carbocycles. The Morgan fingerprint density at radius 2 is 1.75 bits per heavy atom. The molecule has 0 aliphatic carbocycles. The Hall–Kier alpha value is -2.78. The Morgan fingerprint density at radius 1 is 0.875 bits per heavy atom. The van der Waals surface area contributed by atoms with E-state index in [-0.39, 0.29) is 0 Å². The van der Waals surface area contributed by atoms with E-state index in [9.17, 15) is 0 Å². The molecule has 0 aliphatic heterocycles. The highest BCUT2D eigenvalue weighted by atomic mass is 35.5. The lowest BCUT2D eigenvalue weighted by Gasteiger charge is -2.08. The Kier molecular flexibility index (Phi) is 3.71. The van der Waals surface area contributed by atoms with Crippen molar-refractivity contribution in [2.24, 2.45) is 0 Å². The number of hydrogen-bond donors (Lipinski definition) is 0. The van der Waals surface area contributed by atoms with Crippen LogP contribution in [0.4, 0.5) is 0 Å². The topological polar surface area (TPSA) is 38.7 Å². The first kappa shape index (κ1) is 14.8. The molecule has 2 aromatic heterocycles. The summed E-state index contributed by atoms with van der Waals surface area (Å²) in [4.78, 5) is 13.9. The largest absolute Gasteiger partial charge is 0.244 e. The fourth-order valence-corrected chi connectivity index (χ4v) is 2.87. The summed E-state index contributed by atoms with van der Waals surface area (Å²) in [7, 11) is 0. The summed E-state index contributed by atoms with van der Waals surface area (Å²) in [5.41, 5.74) is 4.63. The molecule has 0 unspecified atom stereocenters. The van der Waals surface area contributed by atoms with Gasteiger partial charge in [0.05, 0.1) is 11.2 Å². The third kappa shape index (κ3) is 2.74. The zero-order chi connectivity index (χ0) is 16.5. The van der Waals surface area contributed by atoms with E-state index in [4.69, 9.17) is 16.6 Å². The molecule has 0 fully saturated rings. The molecule has 0 amide bonds. The van der Waals surface area contributed by atoms with Crippen LogP contribution in [0, 0.1) is 6.92 Å². The van der Waals surface area contributed by atoms with Crippen molar-refractivity contribution in [1.29, 1.82) is 0 Å². The minimum Gasteiger partial charge on any atom is -0.244 e. The summed E-state index contributed by atoms with van der Waals surface area (Å²) < 4.78 is 0. The maximum absolute atomic E-state index is 6.12. The van der Waals surface area contributed by atoms with Crippen LogP contribution in [0.15, 0.2) is 66.9 Å².